The van der Waals surface area contributed by atoms with Crippen LogP contribution in [-0.4, -0.2) is 51.6 Å². The Labute approximate surface area is 163 Å². The number of carbonyl (C=O) groups is 1. The molecule has 1 saturated heterocycles. The number of rotatable bonds is 9. The lowest BCUT2D eigenvalue weighted by molar-refractivity contribution is -0.131. The molecule has 0 bridgehead atoms. The highest BCUT2D eigenvalue weighted by Gasteiger charge is 2.37. The van der Waals surface area contributed by atoms with Gasteiger partial charge in [0.15, 0.2) is 0 Å². The van der Waals surface area contributed by atoms with E-state index in [1.54, 1.807) is 0 Å². The van der Waals surface area contributed by atoms with E-state index in [4.69, 9.17) is 11.6 Å². The number of amides is 1. The molecule has 1 aliphatic rings. The van der Waals surface area contributed by atoms with Crippen molar-refractivity contribution in [2.24, 2.45) is 0 Å². The molecule has 26 heavy (non-hydrogen) atoms. The second kappa shape index (κ2) is 9.72. The molecule has 4 atom stereocenters. The Balaban J connectivity index is 2.11. The molecule has 1 amide bonds. The minimum absolute atomic E-state index is 0.104. The van der Waals surface area contributed by atoms with Gasteiger partial charge in [-0.15, -0.1) is 0 Å². The van der Waals surface area contributed by atoms with E-state index in [0.717, 1.165) is 18.4 Å². The highest BCUT2D eigenvalue weighted by Crippen LogP contribution is 2.27. The third-order valence-electron chi connectivity index (χ3n) is 5.83. The van der Waals surface area contributed by atoms with E-state index < -0.39 is 6.10 Å². The Bertz CT molecular complexity index is 585. The molecule has 146 valence electrons. The predicted molar refractivity (Wildman–Crippen MR) is 107 cm³/mol. The monoisotopic (exact) mass is 380 g/mol. The van der Waals surface area contributed by atoms with E-state index in [-0.39, 0.29) is 11.9 Å². The number of likely N-dealkylation sites (tertiary alicyclic amines) is 1. The standard InChI is InChI=1S/C21H33ClN2O2/c1-5-15(3)23(16(4)6-2)14-20(25)19-11-12-21(26)24(19)13-17-9-7-8-10-18(17)22/h7-10,15-16,19-20,25H,5-6,11-14H2,1-4H3/t15-,16+,19-,20+/m0/s1. The van der Waals surface area contributed by atoms with Gasteiger partial charge in [0.05, 0.1) is 12.1 Å². The largest absolute Gasteiger partial charge is 0.390 e. The first-order chi connectivity index (χ1) is 12.4. The molecule has 0 saturated carbocycles. The summed E-state index contributed by atoms with van der Waals surface area (Å²) in [5.41, 5.74) is 0.933. The molecule has 2 rings (SSSR count). The van der Waals surface area contributed by atoms with Gasteiger partial charge in [-0.05, 0) is 44.7 Å². The number of aliphatic hydroxyl groups excluding tert-OH is 1. The van der Waals surface area contributed by atoms with Crippen LogP contribution in [0.1, 0.15) is 58.9 Å². The molecule has 1 aromatic rings. The highest BCUT2D eigenvalue weighted by atomic mass is 35.5. The van der Waals surface area contributed by atoms with Crippen molar-refractivity contribution in [3.8, 4) is 0 Å². The third-order valence-corrected chi connectivity index (χ3v) is 6.20. The van der Waals surface area contributed by atoms with Crippen LogP contribution >= 0.6 is 11.6 Å². The van der Waals surface area contributed by atoms with Crippen molar-refractivity contribution >= 4 is 17.5 Å². The van der Waals surface area contributed by atoms with E-state index >= 15 is 0 Å². The lowest BCUT2D eigenvalue weighted by atomic mass is 10.0. The number of nitrogens with zero attached hydrogens (tertiary/aromatic N) is 2. The molecule has 0 spiro atoms. The first kappa shape index (κ1) is 21.2. The minimum atomic E-state index is -0.549. The molecule has 4 nitrogen and oxygen atoms in total. The summed E-state index contributed by atoms with van der Waals surface area (Å²) in [7, 11) is 0. The lowest BCUT2D eigenvalue weighted by Gasteiger charge is -2.38. The summed E-state index contributed by atoms with van der Waals surface area (Å²) in [4.78, 5) is 16.6. The average molecular weight is 381 g/mol. The van der Waals surface area contributed by atoms with Crippen molar-refractivity contribution in [2.75, 3.05) is 6.54 Å². The first-order valence-electron chi connectivity index (χ1n) is 9.85. The second-order valence-electron chi connectivity index (χ2n) is 7.50. The van der Waals surface area contributed by atoms with E-state index in [1.807, 2.05) is 29.2 Å². The van der Waals surface area contributed by atoms with Crippen LogP contribution in [0.3, 0.4) is 0 Å². The van der Waals surface area contributed by atoms with Crippen LogP contribution in [0.5, 0.6) is 0 Å². The van der Waals surface area contributed by atoms with Gasteiger partial charge in [0.1, 0.15) is 0 Å². The fraction of sp³-hybridized carbons (Fsp3) is 0.667. The molecule has 5 heteroatoms. The molecule has 0 aromatic heterocycles. The number of benzene rings is 1. The van der Waals surface area contributed by atoms with Gasteiger partial charge in [-0.2, -0.15) is 0 Å². The topological polar surface area (TPSA) is 43.8 Å². The normalized spacial score (nSPS) is 21.3. The van der Waals surface area contributed by atoms with Crippen LogP contribution in [0.25, 0.3) is 0 Å². The molecule has 1 aromatic carbocycles. The summed E-state index contributed by atoms with van der Waals surface area (Å²) < 4.78 is 0. The smallest absolute Gasteiger partial charge is 0.223 e. The van der Waals surface area contributed by atoms with Crippen LogP contribution in [0, 0.1) is 0 Å². The molecular formula is C21H33ClN2O2. The fourth-order valence-corrected chi connectivity index (χ4v) is 3.97. The average Bonchev–Trinajstić information content (AvgIpc) is 3.00. The van der Waals surface area contributed by atoms with E-state index in [0.29, 0.717) is 43.0 Å². The number of aliphatic hydroxyl groups is 1. The van der Waals surface area contributed by atoms with Gasteiger partial charge in [-0.1, -0.05) is 43.6 Å². The predicted octanol–water partition coefficient (Wildman–Crippen LogP) is 4.09. The second-order valence-corrected chi connectivity index (χ2v) is 7.90. The van der Waals surface area contributed by atoms with Crippen molar-refractivity contribution in [2.45, 2.75) is 84.2 Å². The molecule has 0 aliphatic carbocycles. The molecule has 1 N–H and O–H groups in total. The van der Waals surface area contributed by atoms with Gasteiger partial charge < -0.3 is 10.0 Å². The summed E-state index contributed by atoms with van der Waals surface area (Å²) >= 11 is 6.27. The van der Waals surface area contributed by atoms with Crippen LogP contribution in [0.2, 0.25) is 5.02 Å². The van der Waals surface area contributed by atoms with Crippen molar-refractivity contribution in [1.82, 2.24) is 9.80 Å². The van der Waals surface area contributed by atoms with Crippen molar-refractivity contribution in [1.29, 1.82) is 0 Å². The minimum Gasteiger partial charge on any atom is -0.390 e. The van der Waals surface area contributed by atoms with Crippen molar-refractivity contribution in [3.63, 3.8) is 0 Å². The Kier molecular flexibility index (Phi) is 7.93. The van der Waals surface area contributed by atoms with Gasteiger partial charge >= 0.3 is 0 Å². The quantitative estimate of drug-likeness (QED) is 0.701. The Morgan fingerprint density at radius 3 is 2.42 bits per heavy atom. The first-order valence-corrected chi connectivity index (χ1v) is 10.2. The molecule has 1 fully saturated rings. The van der Waals surface area contributed by atoms with Gasteiger partial charge in [-0.25, -0.2) is 0 Å². The van der Waals surface area contributed by atoms with Gasteiger partial charge in [0.2, 0.25) is 5.91 Å². The molecule has 0 unspecified atom stereocenters. The van der Waals surface area contributed by atoms with E-state index in [9.17, 15) is 9.90 Å². The maximum absolute atomic E-state index is 12.4. The third kappa shape index (κ3) is 4.99. The zero-order valence-electron chi connectivity index (χ0n) is 16.5. The maximum atomic E-state index is 12.4. The highest BCUT2D eigenvalue weighted by molar-refractivity contribution is 6.31. The number of hydrogen-bond donors (Lipinski definition) is 1. The lowest BCUT2D eigenvalue weighted by Crippen LogP contribution is -2.50. The SMILES string of the molecule is CC[C@@H](C)N(C[C@@H](O)[C@@H]1CCC(=O)N1Cc1ccccc1Cl)[C@@H](C)CC. The van der Waals surface area contributed by atoms with E-state index in [1.165, 1.54) is 0 Å². The number of halogens is 1. The summed E-state index contributed by atoms with van der Waals surface area (Å²) in [6, 6.07) is 8.29. The molecule has 1 aliphatic heterocycles. The van der Waals surface area contributed by atoms with Crippen molar-refractivity contribution in [3.05, 3.63) is 34.9 Å². The van der Waals surface area contributed by atoms with Gasteiger partial charge in [0, 0.05) is 36.6 Å². The Morgan fingerprint density at radius 2 is 1.85 bits per heavy atom. The number of carbonyl (C=O) groups excluding carboxylic acids is 1. The molecule has 1 heterocycles. The summed E-state index contributed by atoms with van der Waals surface area (Å²) in [5, 5.41) is 11.6. The van der Waals surface area contributed by atoms with Crippen molar-refractivity contribution < 1.29 is 9.90 Å². The van der Waals surface area contributed by atoms with Gasteiger partial charge in [-0.3, -0.25) is 9.69 Å². The van der Waals surface area contributed by atoms with Crippen LogP contribution in [0.4, 0.5) is 0 Å². The van der Waals surface area contributed by atoms with Crippen LogP contribution in [-0.2, 0) is 11.3 Å². The molecule has 0 radical (unpaired) electrons. The fourth-order valence-electron chi connectivity index (χ4n) is 3.77. The maximum Gasteiger partial charge on any atom is 0.223 e. The Morgan fingerprint density at radius 1 is 1.23 bits per heavy atom. The van der Waals surface area contributed by atoms with Crippen LogP contribution in [0.15, 0.2) is 24.3 Å². The zero-order valence-corrected chi connectivity index (χ0v) is 17.2. The Hall–Kier alpha value is -1.10. The number of hydrogen-bond acceptors (Lipinski definition) is 3. The zero-order chi connectivity index (χ0) is 19.3. The van der Waals surface area contributed by atoms with Gasteiger partial charge in [0.25, 0.3) is 0 Å². The van der Waals surface area contributed by atoms with E-state index in [2.05, 4.69) is 32.6 Å². The summed E-state index contributed by atoms with van der Waals surface area (Å²) in [5.74, 6) is 0.104. The molecular weight excluding hydrogens is 348 g/mol. The summed E-state index contributed by atoms with van der Waals surface area (Å²) in [6.07, 6.45) is 2.75. The summed E-state index contributed by atoms with van der Waals surface area (Å²) in [6.45, 7) is 9.83. The van der Waals surface area contributed by atoms with Crippen LogP contribution < -0.4 is 0 Å².